The van der Waals surface area contributed by atoms with E-state index in [0.29, 0.717) is 0 Å². The zero-order valence-corrected chi connectivity index (χ0v) is 14.4. The summed E-state index contributed by atoms with van der Waals surface area (Å²) in [7, 11) is 4.06. The number of nitrogens with zero attached hydrogens (tertiary/aromatic N) is 3. The minimum Gasteiger partial charge on any atom is -0.308 e. The molecule has 25 heavy (non-hydrogen) atoms. The van der Waals surface area contributed by atoms with Gasteiger partial charge in [0.2, 0.25) is 0 Å². The summed E-state index contributed by atoms with van der Waals surface area (Å²) in [5.74, 6) is 0.0721. The summed E-state index contributed by atoms with van der Waals surface area (Å²) in [6, 6.07) is 15.6. The predicted molar refractivity (Wildman–Crippen MR) is 102 cm³/mol. The maximum Gasteiger partial charge on any atom is 0.194 e. The minimum atomic E-state index is 0.0721. The van der Waals surface area contributed by atoms with E-state index in [2.05, 4.69) is 14.9 Å². The van der Waals surface area contributed by atoms with Crippen LogP contribution < -0.4 is 0 Å². The van der Waals surface area contributed by atoms with Crippen molar-refractivity contribution in [2.45, 2.75) is 0 Å². The van der Waals surface area contributed by atoms with Crippen LogP contribution in [-0.2, 0) is 0 Å². The van der Waals surface area contributed by atoms with E-state index in [9.17, 15) is 4.79 Å². The molecule has 0 spiro atoms. The van der Waals surface area contributed by atoms with E-state index < -0.39 is 0 Å². The Balaban J connectivity index is 1.87. The van der Waals surface area contributed by atoms with Gasteiger partial charge in [0.1, 0.15) is 0 Å². The molecule has 1 aliphatic rings. The maximum atomic E-state index is 12.8. The third-order valence-corrected chi connectivity index (χ3v) is 4.46. The van der Waals surface area contributed by atoms with E-state index in [1.165, 1.54) is 0 Å². The fourth-order valence-electron chi connectivity index (χ4n) is 3.25. The van der Waals surface area contributed by atoms with Crippen LogP contribution in [0.25, 0.3) is 22.0 Å². The lowest BCUT2D eigenvalue weighted by molar-refractivity contribution is 0.104. The third-order valence-electron chi connectivity index (χ3n) is 4.46. The SMILES string of the molecule is CN(C)CCN=Cc1cc2c3c(cccc3n1)C(=O)c1ccccc1-2. The summed E-state index contributed by atoms with van der Waals surface area (Å²) in [5.41, 5.74) is 5.18. The quantitative estimate of drug-likeness (QED) is 0.539. The average Bonchev–Trinajstić information content (AvgIpc) is 2.62. The number of ketones is 1. The molecule has 4 heteroatoms. The van der Waals surface area contributed by atoms with Gasteiger partial charge in [-0.2, -0.15) is 0 Å². The fourth-order valence-corrected chi connectivity index (χ4v) is 3.25. The highest BCUT2D eigenvalue weighted by Gasteiger charge is 2.25. The summed E-state index contributed by atoms with van der Waals surface area (Å²) in [6.45, 7) is 1.63. The Morgan fingerprint density at radius 1 is 1.00 bits per heavy atom. The normalized spacial score (nSPS) is 13.0. The molecule has 0 unspecified atom stereocenters. The van der Waals surface area contributed by atoms with Crippen LogP contribution in [0.2, 0.25) is 0 Å². The molecule has 0 N–H and O–H groups in total. The molecule has 4 nitrogen and oxygen atoms in total. The van der Waals surface area contributed by atoms with Gasteiger partial charge in [-0.05, 0) is 37.4 Å². The highest BCUT2D eigenvalue weighted by atomic mass is 16.1. The minimum absolute atomic E-state index is 0.0721. The van der Waals surface area contributed by atoms with Crippen molar-refractivity contribution in [3.63, 3.8) is 0 Å². The van der Waals surface area contributed by atoms with Crippen LogP contribution in [0, 0.1) is 0 Å². The number of likely N-dealkylation sites (N-methyl/N-ethyl adjacent to an activating group) is 1. The lowest BCUT2D eigenvalue weighted by Crippen LogP contribution is -2.15. The topological polar surface area (TPSA) is 45.6 Å². The number of aromatic nitrogens is 1. The van der Waals surface area contributed by atoms with Gasteiger partial charge < -0.3 is 4.90 Å². The number of hydrogen-bond acceptors (Lipinski definition) is 4. The number of carbonyl (C=O) groups is 1. The van der Waals surface area contributed by atoms with Gasteiger partial charge in [0.15, 0.2) is 5.78 Å². The second-order valence-electron chi connectivity index (χ2n) is 6.51. The smallest absolute Gasteiger partial charge is 0.194 e. The zero-order chi connectivity index (χ0) is 17.4. The molecule has 0 aliphatic heterocycles. The molecule has 0 amide bonds. The number of carbonyl (C=O) groups excluding carboxylic acids is 1. The van der Waals surface area contributed by atoms with E-state index in [4.69, 9.17) is 0 Å². The summed E-state index contributed by atoms with van der Waals surface area (Å²) < 4.78 is 0. The summed E-state index contributed by atoms with van der Waals surface area (Å²) in [4.78, 5) is 24.1. The first-order valence-corrected chi connectivity index (χ1v) is 8.37. The highest BCUT2D eigenvalue weighted by Crippen LogP contribution is 2.38. The standard InChI is InChI=1S/C21H19N3O/c1-24(2)11-10-22-13-14-12-18-15-6-3-4-7-16(15)21(25)17-8-5-9-19(23-14)20(17)18/h3-9,12-13H,10-11H2,1-2H3. The first kappa shape index (κ1) is 15.7. The van der Waals surface area contributed by atoms with Crippen molar-refractivity contribution in [1.82, 2.24) is 9.88 Å². The predicted octanol–water partition coefficient (Wildman–Crippen LogP) is 3.43. The Morgan fingerprint density at radius 2 is 1.76 bits per heavy atom. The number of aliphatic imine (C=N–C) groups is 1. The molecule has 4 rings (SSSR count). The Labute approximate surface area is 146 Å². The Bertz CT molecular complexity index is 1010. The van der Waals surface area contributed by atoms with Crippen LogP contribution in [0.4, 0.5) is 0 Å². The zero-order valence-electron chi connectivity index (χ0n) is 14.4. The van der Waals surface area contributed by atoms with Gasteiger partial charge in [-0.1, -0.05) is 36.4 Å². The maximum absolute atomic E-state index is 12.8. The van der Waals surface area contributed by atoms with Crippen molar-refractivity contribution in [3.05, 3.63) is 65.4 Å². The van der Waals surface area contributed by atoms with Gasteiger partial charge >= 0.3 is 0 Å². The van der Waals surface area contributed by atoms with Crippen LogP contribution in [-0.4, -0.2) is 49.1 Å². The largest absolute Gasteiger partial charge is 0.308 e. The van der Waals surface area contributed by atoms with Crippen molar-refractivity contribution in [3.8, 4) is 11.1 Å². The third kappa shape index (κ3) is 2.75. The number of fused-ring (bicyclic) bond motifs is 2. The highest BCUT2D eigenvalue weighted by molar-refractivity contribution is 6.25. The fraction of sp³-hybridized carbons (Fsp3) is 0.190. The molecule has 1 aliphatic carbocycles. The molecule has 0 bridgehead atoms. The molecule has 0 saturated heterocycles. The van der Waals surface area contributed by atoms with Crippen molar-refractivity contribution in [2.75, 3.05) is 27.2 Å². The molecular formula is C21H19N3O. The number of rotatable bonds is 4. The van der Waals surface area contributed by atoms with Gasteiger partial charge in [0.25, 0.3) is 0 Å². The molecule has 0 saturated carbocycles. The molecule has 1 aromatic heterocycles. The average molecular weight is 329 g/mol. The lowest BCUT2D eigenvalue weighted by Gasteiger charge is -2.19. The molecular weight excluding hydrogens is 310 g/mol. The van der Waals surface area contributed by atoms with Crippen LogP contribution >= 0.6 is 0 Å². The first-order valence-electron chi connectivity index (χ1n) is 8.37. The summed E-state index contributed by atoms with van der Waals surface area (Å²) >= 11 is 0. The molecule has 0 fully saturated rings. The van der Waals surface area contributed by atoms with Gasteiger partial charge in [0, 0.05) is 29.3 Å². The van der Waals surface area contributed by atoms with E-state index >= 15 is 0 Å². The monoisotopic (exact) mass is 329 g/mol. The number of pyridine rings is 1. The second-order valence-corrected chi connectivity index (χ2v) is 6.51. The van der Waals surface area contributed by atoms with Crippen molar-refractivity contribution < 1.29 is 4.79 Å². The molecule has 1 heterocycles. The molecule has 3 aromatic rings. The summed E-state index contributed by atoms with van der Waals surface area (Å²) in [5, 5.41) is 0.941. The Hall–Kier alpha value is -2.85. The van der Waals surface area contributed by atoms with Crippen LogP contribution in [0.5, 0.6) is 0 Å². The lowest BCUT2D eigenvalue weighted by atomic mass is 9.84. The van der Waals surface area contributed by atoms with Gasteiger partial charge in [-0.25, -0.2) is 4.98 Å². The van der Waals surface area contributed by atoms with E-state index in [1.54, 1.807) is 0 Å². The molecule has 0 atom stereocenters. The van der Waals surface area contributed by atoms with Crippen LogP contribution in [0.15, 0.2) is 53.5 Å². The van der Waals surface area contributed by atoms with E-state index in [1.807, 2.05) is 68.8 Å². The van der Waals surface area contributed by atoms with Crippen molar-refractivity contribution in [2.24, 2.45) is 4.99 Å². The van der Waals surface area contributed by atoms with Gasteiger partial charge in [-0.3, -0.25) is 9.79 Å². The molecule has 2 aromatic carbocycles. The van der Waals surface area contributed by atoms with Gasteiger partial charge in [0.05, 0.1) is 17.8 Å². The Kier molecular flexibility index (Phi) is 3.90. The molecule has 0 radical (unpaired) electrons. The van der Waals surface area contributed by atoms with E-state index in [0.717, 1.165) is 51.9 Å². The van der Waals surface area contributed by atoms with Crippen LogP contribution in [0.3, 0.4) is 0 Å². The van der Waals surface area contributed by atoms with Crippen molar-refractivity contribution >= 4 is 22.9 Å². The summed E-state index contributed by atoms with van der Waals surface area (Å²) in [6.07, 6.45) is 1.82. The molecule has 124 valence electrons. The van der Waals surface area contributed by atoms with Crippen molar-refractivity contribution in [1.29, 1.82) is 0 Å². The van der Waals surface area contributed by atoms with Gasteiger partial charge in [-0.15, -0.1) is 0 Å². The Morgan fingerprint density at radius 3 is 2.56 bits per heavy atom. The first-order chi connectivity index (χ1) is 12.1. The number of hydrogen-bond donors (Lipinski definition) is 0. The van der Waals surface area contributed by atoms with Crippen LogP contribution in [0.1, 0.15) is 21.6 Å². The number of benzene rings is 2. The second kappa shape index (κ2) is 6.22. The van der Waals surface area contributed by atoms with E-state index in [-0.39, 0.29) is 5.78 Å².